The third-order valence-corrected chi connectivity index (χ3v) is 6.55. The molecular formula is C20H19FN2OS2. The summed E-state index contributed by atoms with van der Waals surface area (Å²) in [5, 5.41) is 7.18. The number of hydrogen-bond donors (Lipinski definition) is 1. The first-order valence-corrected chi connectivity index (χ1v) is 10.3. The van der Waals surface area contributed by atoms with E-state index in [2.05, 4.69) is 39.2 Å². The molecule has 4 rings (SSSR count). The summed E-state index contributed by atoms with van der Waals surface area (Å²) >= 11 is 3.54. The zero-order chi connectivity index (χ0) is 17.9. The van der Waals surface area contributed by atoms with Gasteiger partial charge in [0.25, 0.3) is 0 Å². The molecule has 1 aromatic carbocycles. The van der Waals surface area contributed by atoms with Crippen LogP contribution in [0, 0.1) is 5.82 Å². The number of halogens is 1. The first-order valence-electron chi connectivity index (χ1n) is 8.55. The molecular weight excluding hydrogens is 367 g/mol. The Morgan fingerprint density at radius 2 is 2.00 bits per heavy atom. The maximum absolute atomic E-state index is 13.0. The Morgan fingerprint density at radius 3 is 2.77 bits per heavy atom. The fraction of sp³-hybridized carbons (Fsp3) is 0.250. The van der Waals surface area contributed by atoms with Gasteiger partial charge in [-0.1, -0.05) is 18.2 Å². The lowest BCUT2D eigenvalue weighted by atomic mass is 9.98. The van der Waals surface area contributed by atoms with Gasteiger partial charge >= 0.3 is 0 Å². The zero-order valence-electron chi connectivity index (χ0n) is 14.2. The van der Waals surface area contributed by atoms with Crippen LogP contribution in [0.15, 0.2) is 53.2 Å². The molecule has 0 aliphatic carbocycles. The Kier molecular flexibility index (Phi) is 5.15. The molecule has 1 unspecified atom stereocenters. The van der Waals surface area contributed by atoms with Crippen LogP contribution in [0.2, 0.25) is 0 Å². The van der Waals surface area contributed by atoms with Crippen molar-refractivity contribution in [3.8, 4) is 0 Å². The first kappa shape index (κ1) is 17.4. The molecule has 6 heteroatoms. The summed E-state index contributed by atoms with van der Waals surface area (Å²) in [6, 6.07) is 12.8. The summed E-state index contributed by atoms with van der Waals surface area (Å²) in [4.78, 5) is 17.4. The number of fused-ring (bicyclic) bond motifs is 1. The molecule has 1 N–H and O–H groups in total. The van der Waals surface area contributed by atoms with E-state index >= 15 is 0 Å². The highest BCUT2D eigenvalue weighted by Gasteiger charge is 2.31. The van der Waals surface area contributed by atoms with Gasteiger partial charge in [-0.25, -0.2) is 4.39 Å². The van der Waals surface area contributed by atoms with Crippen LogP contribution in [-0.4, -0.2) is 23.9 Å². The van der Waals surface area contributed by atoms with Gasteiger partial charge in [-0.05, 0) is 52.6 Å². The van der Waals surface area contributed by atoms with Gasteiger partial charge in [-0.15, -0.1) is 22.7 Å². The maximum atomic E-state index is 13.0. The molecule has 0 saturated carbocycles. The SMILES string of the molecule is O=C(CN1CCc2sccc2C1c1cccs1)NCc1ccc(F)cc1. The van der Waals surface area contributed by atoms with Crippen molar-refractivity contribution >= 4 is 28.6 Å². The molecule has 26 heavy (non-hydrogen) atoms. The van der Waals surface area contributed by atoms with E-state index in [1.807, 2.05) is 0 Å². The largest absolute Gasteiger partial charge is 0.351 e. The predicted octanol–water partition coefficient (Wildman–Crippen LogP) is 4.21. The van der Waals surface area contributed by atoms with Crippen LogP contribution >= 0.6 is 22.7 Å². The van der Waals surface area contributed by atoms with Crippen LogP contribution in [0.3, 0.4) is 0 Å². The predicted molar refractivity (Wildman–Crippen MR) is 104 cm³/mol. The topological polar surface area (TPSA) is 32.3 Å². The third kappa shape index (κ3) is 3.72. The highest BCUT2D eigenvalue weighted by Crippen LogP contribution is 2.39. The van der Waals surface area contributed by atoms with E-state index in [-0.39, 0.29) is 17.8 Å². The Labute approximate surface area is 160 Å². The average Bonchev–Trinajstić information content (AvgIpc) is 3.33. The van der Waals surface area contributed by atoms with E-state index in [1.165, 1.54) is 27.5 Å². The fourth-order valence-corrected chi connectivity index (χ4v) is 5.14. The highest BCUT2D eigenvalue weighted by molar-refractivity contribution is 7.10. The van der Waals surface area contributed by atoms with Crippen molar-refractivity contribution in [1.82, 2.24) is 10.2 Å². The number of rotatable bonds is 5. The van der Waals surface area contributed by atoms with Crippen LogP contribution in [0.25, 0.3) is 0 Å². The van der Waals surface area contributed by atoms with Crippen molar-refractivity contribution in [3.05, 3.63) is 79.9 Å². The molecule has 0 radical (unpaired) electrons. The van der Waals surface area contributed by atoms with Crippen LogP contribution in [0.5, 0.6) is 0 Å². The molecule has 1 amide bonds. The second-order valence-corrected chi connectivity index (χ2v) is 8.32. The molecule has 0 saturated heterocycles. The van der Waals surface area contributed by atoms with Gasteiger partial charge in [-0.2, -0.15) is 0 Å². The molecule has 1 aliphatic rings. The van der Waals surface area contributed by atoms with Crippen molar-refractivity contribution in [3.63, 3.8) is 0 Å². The number of carbonyl (C=O) groups excluding carboxylic acids is 1. The number of benzene rings is 1. The number of nitrogens with zero attached hydrogens (tertiary/aromatic N) is 1. The molecule has 3 nitrogen and oxygen atoms in total. The van der Waals surface area contributed by atoms with Gasteiger partial charge < -0.3 is 5.32 Å². The molecule has 0 fully saturated rings. The minimum absolute atomic E-state index is 0.00504. The van der Waals surface area contributed by atoms with Gasteiger partial charge in [-0.3, -0.25) is 9.69 Å². The molecule has 3 heterocycles. The van der Waals surface area contributed by atoms with E-state index in [9.17, 15) is 9.18 Å². The second-order valence-electron chi connectivity index (χ2n) is 6.34. The molecule has 0 spiro atoms. The van der Waals surface area contributed by atoms with E-state index in [4.69, 9.17) is 0 Å². The lowest BCUT2D eigenvalue weighted by molar-refractivity contribution is -0.122. The van der Waals surface area contributed by atoms with Gasteiger partial charge in [0.15, 0.2) is 0 Å². The fourth-order valence-electron chi connectivity index (χ4n) is 3.36. The molecule has 1 atom stereocenters. The average molecular weight is 387 g/mol. The smallest absolute Gasteiger partial charge is 0.234 e. The molecule has 2 aromatic heterocycles. The number of nitrogens with one attached hydrogen (secondary N) is 1. The number of amides is 1. The third-order valence-electron chi connectivity index (χ3n) is 4.63. The van der Waals surface area contributed by atoms with E-state index in [0.717, 1.165) is 18.5 Å². The van der Waals surface area contributed by atoms with E-state index in [1.54, 1.807) is 34.8 Å². The van der Waals surface area contributed by atoms with Crippen LogP contribution in [-0.2, 0) is 17.8 Å². The minimum Gasteiger partial charge on any atom is -0.351 e. The summed E-state index contributed by atoms with van der Waals surface area (Å²) in [6.07, 6.45) is 0.986. The van der Waals surface area contributed by atoms with E-state index in [0.29, 0.717) is 13.1 Å². The molecule has 0 bridgehead atoms. The lowest BCUT2D eigenvalue weighted by Gasteiger charge is -2.34. The summed E-state index contributed by atoms with van der Waals surface area (Å²) in [5.74, 6) is -0.270. The summed E-state index contributed by atoms with van der Waals surface area (Å²) < 4.78 is 13.0. The maximum Gasteiger partial charge on any atom is 0.234 e. The minimum atomic E-state index is -0.265. The summed E-state index contributed by atoms with van der Waals surface area (Å²) in [5.41, 5.74) is 2.23. The Bertz CT molecular complexity index is 874. The van der Waals surface area contributed by atoms with Crippen LogP contribution in [0.4, 0.5) is 4.39 Å². The van der Waals surface area contributed by atoms with Crippen molar-refractivity contribution < 1.29 is 9.18 Å². The van der Waals surface area contributed by atoms with Crippen molar-refractivity contribution in [2.45, 2.75) is 19.0 Å². The van der Waals surface area contributed by atoms with Crippen LogP contribution < -0.4 is 5.32 Å². The molecule has 3 aromatic rings. The number of carbonyl (C=O) groups is 1. The van der Waals surface area contributed by atoms with Crippen LogP contribution in [0.1, 0.15) is 26.9 Å². The quantitative estimate of drug-likeness (QED) is 0.712. The van der Waals surface area contributed by atoms with Crippen molar-refractivity contribution in [2.24, 2.45) is 0 Å². The van der Waals surface area contributed by atoms with Gasteiger partial charge in [0, 0.05) is 22.8 Å². The summed E-state index contributed by atoms with van der Waals surface area (Å²) in [6.45, 7) is 1.65. The zero-order valence-corrected chi connectivity index (χ0v) is 15.8. The lowest BCUT2D eigenvalue weighted by Crippen LogP contribution is -2.42. The highest BCUT2D eigenvalue weighted by atomic mass is 32.1. The Morgan fingerprint density at radius 1 is 1.15 bits per heavy atom. The van der Waals surface area contributed by atoms with E-state index < -0.39 is 0 Å². The van der Waals surface area contributed by atoms with Crippen molar-refractivity contribution in [1.29, 1.82) is 0 Å². The van der Waals surface area contributed by atoms with Gasteiger partial charge in [0.2, 0.25) is 5.91 Å². The normalized spacial score (nSPS) is 17.0. The van der Waals surface area contributed by atoms with Gasteiger partial charge in [0.1, 0.15) is 5.82 Å². The Balaban J connectivity index is 1.44. The number of hydrogen-bond acceptors (Lipinski definition) is 4. The second kappa shape index (κ2) is 7.70. The number of thiophene rings is 2. The summed E-state index contributed by atoms with van der Waals surface area (Å²) in [7, 11) is 0. The standard InChI is InChI=1S/C20H19FN2OS2/c21-15-5-3-14(4-6-15)12-22-19(24)13-23-9-7-17-16(8-11-26-17)20(23)18-2-1-10-25-18/h1-6,8,10-11,20H,7,9,12-13H2,(H,22,24). The Hall–Kier alpha value is -2.02. The molecule has 134 valence electrons. The molecule has 1 aliphatic heterocycles. The first-order chi connectivity index (χ1) is 12.7. The monoisotopic (exact) mass is 386 g/mol. The van der Waals surface area contributed by atoms with Gasteiger partial charge in [0.05, 0.1) is 12.6 Å². The van der Waals surface area contributed by atoms with Crippen molar-refractivity contribution in [2.75, 3.05) is 13.1 Å².